The fourth-order valence-electron chi connectivity index (χ4n) is 1.87. The van der Waals surface area contributed by atoms with E-state index in [2.05, 4.69) is 48.1 Å². The molecule has 0 bridgehead atoms. The molecular formula is C13H16N2S. The quantitative estimate of drug-likeness (QED) is 0.775. The summed E-state index contributed by atoms with van der Waals surface area (Å²) in [4.78, 5) is 6.46. The lowest BCUT2D eigenvalue weighted by Crippen LogP contribution is -1.96. The molecular weight excluding hydrogens is 216 g/mol. The summed E-state index contributed by atoms with van der Waals surface area (Å²) in [6.07, 6.45) is 0.904. The van der Waals surface area contributed by atoms with Gasteiger partial charge in [0.1, 0.15) is 0 Å². The van der Waals surface area contributed by atoms with Crippen LogP contribution in [-0.4, -0.2) is 9.97 Å². The Hall–Kier alpha value is -1.35. The van der Waals surface area contributed by atoms with Crippen LogP contribution in [0.25, 0.3) is 0 Å². The molecule has 2 aromatic rings. The molecule has 0 unspecified atom stereocenters. The molecule has 84 valence electrons. The first-order valence-corrected chi connectivity index (χ1v) is 5.92. The number of nitrogens with one attached hydrogen (secondary N) is 2. The Morgan fingerprint density at radius 2 is 1.81 bits per heavy atom. The SMILES string of the molecule is CC(C)c1[nH]c(=S)[nH]c1Cc1ccccc1. The van der Waals surface area contributed by atoms with Crippen LogP contribution in [-0.2, 0) is 6.42 Å². The van der Waals surface area contributed by atoms with Gasteiger partial charge < -0.3 is 9.97 Å². The first kappa shape index (κ1) is 11.1. The van der Waals surface area contributed by atoms with Gasteiger partial charge in [-0.25, -0.2) is 0 Å². The highest BCUT2D eigenvalue weighted by molar-refractivity contribution is 7.71. The van der Waals surface area contributed by atoms with E-state index in [4.69, 9.17) is 12.2 Å². The van der Waals surface area contributed by atoms with Gasteiger partial charge in [-0.2, -0.15) is 0 Å². The van der Waals surface area contributed by atoms with Gasteiger partial charge in [-0.1, -0.05) is 44.2 Å². The lowest BCUT2D eigenvalue weighted by molar-refractivity contribution is 0.813. The van der Waals surface area contributed by atoms with E-state index in [-0.39, 0.29) is 0 Å². The third-order valence-electron chi connectivity index (χ3n) is 2.64. The molecule has 2 rings (SSSR count). The second kappa shape index (κ2) is 4.66. The largest absolute Gasteiger partial charge is 0.334 e. The van der Waals surface area contributed by atoms with Gasteiger partial charge in [0.25, 0.3) is 0 Å². The Kier molecular flexibility index (Phi) is 3.25. The summed E-state index contributed by atoms with van der Waals surface area (Å²) in [5.41, 5.74) is 3.72. The number of H-pyrrole nitrogens is 2. The lowest BCUT2D eigenvalue weighted by atomic mass is 10.0. The standard InChI is InChI=1S/C13H16N2S/c1-9(2)12-11(14-13(16)15-12)8-10-6-4-3-5-7-10/h3-7,9H,8H2,1-2H3,(H2,14,15,16). The van der Waals surface area contributed by atoms with Crippen LogP contribution in [0, 0.1) is 4.77 Å². The van der Waals surface area contributed by atoms with Gasteiger partial charge >= 0.3 is 0 Å². The van der Waals surface area contributed by atoms with Crippen LogP contribution < -0.4 is 0 Å². The second-order valence-corrected chi connectivity index (χ2v) is 4.70. The van der Waals surface area contributed by atoms with Gasteiger partial charge in [0.15, 0.2) is 4.77 Å². The van der Waals surface area contributed by atoms with Crippen LogP contribution >= 0.6 is 12.2 Å². The van der Waals surface area contributed by atoms with Crippen molar-refractivity contribution in [3.63, 3.8) is 0 Å². The summed E-state index contributed by atoms with van der Waals surface area (Å²) in [6.45, 7) is 4.34. The maximum absolute atomic E-state index is 5.14. The summed E-state index contributed by atoms with van der Waals surface area (Å²) in [5, 5.41) is 0. The van der Waals surface area contributed by atoms with E-state index in [1.807, 2.05) is 6.07 Å². The predicted octanol–water partition coefficient (Wildman–Crippen LogP) is 3.79. The minimum Gasteiger partial charge on any atom is -0.334 e. The zero-order valence-electron chi connectivity index (χ0n) is 9.58. The zero-order chi connectivity index (χ0) is 11.5. The van der Waals surface area contributed by atoms with Crippen LogP contribution in [0.5, 0.6) is 0 Å². The molecule has 1 heterocycles. The van der Waals surface area contributed by atoms with Gasteiger partial charge in [-0.15, -0.1) is 0 Å². The highest BCUT2D eigenvalue weighted by atomic mass is 32.1. The van der Waals surface area contributed by atoms with Crippen molar-refractivity contribution in [3.8, 4) is 0 Å². The molecule has 0 aliphatic carbocycles. The Morgan fingerprint density at radius 1 is 1.12 bits per heavy atom. The fourth-order valence-corrected chi connectivity index (χ4v) is 2.10. The number of rotatable bonds is 3. The third-order valence-corrected chi connectivity index (χ3v) is 2.84. The minimum absolute atomic E-state index is 0.465. The van der Waals surface area contributed by atoms with Crippen LogP contribution in [0.4, 0.5) is 0 Å². The summed E-state index contributed by atoms with van der Waals surface area (Å²) in [7, 11) is 0. The van der Waals surface area contributed by atoms with Gasteiger partial charge in [-0.05, 0) is 23.7 Å². The molecule has 1 aromatic heterocycles. The molecule has 0 fully saturated rings. The average molecular weight is 232 g/mol. The summed E-state index contributed by atoms with van der Waals surface area (Å²) in [5.74, 6) is 0.465. The van der Waals surface area contributed by atoms with Crippen molar-refractivity contribution in [2.75, 3.05) is 0 Å². The molecule has 2 nitrogen and oxygen atoms in total. The van der Waals surface area contributed by atoms with E-state index in [0.717, 1.165) is 11.2 Å². The molecule has 16 heavy (non-hydrogen) atoms. The topological polar surface area (TPSA) is 31.6 Å². The number of hydrogen-bond acceptors (Lipinski definition) is 1. The van der Waals surface area contributed by atoms with Crippen molar-refractivity contribution in [1.82, 2.24) is 9.97 Å². The van der Waals surface area contributed by atoms with Crippen LogP contribution in [0.2, 0.25) is 0 Å². The van der Waals surface area contributed by atoms with E-state index >= 15 is 0 Å². The molecule has 1 aromatic carbocycles. The van der Waals surface area contributed by atoms with E-state index in [0.29, 0.717) is 5.92 Å². The molecule has 0 atom stereocenters. The van der Waals surface area contributed by atoms with Crippen molar-refractivity contribution in [2.45, 2.75) is 26.2 Å². The van der Waals surface area contributed by atoms with Gasteiger partial charge in [-0.3, -0.25) is 0 Å². The smallest absolute Gasteiger partial charge is 0.174 e. The average Bonchev–Trinajstić information content (AvgIpc) is 2.61. The van der Waals surface area contributed by atoms with E-state index in [1.54, 1.807) is 0 Å². The van der Waals surface area contributed by atoms with E-state index < -0.39 is 0 Å². The number of imidazole rings is 1. The highest BCUT2D eigenvalue weighted by Crippen LogP contribution is 2.18. The van der Waals surface area contributed by atoms with Crippen LogP contribution in [0.3, 0.4) is 0 Å². The Labute approximate surface area is 101 Å². The van der Waals surface area contributed by atoms with E-state index in [9.17, 15) is 0 Å². The highest BCUT2D eigenvalue weighted by Gasteiger charge is 2.09. The number of hydrogen-bond donors (Lipinski definition) is 2. The number of benzene rings is 1. The lowest BCUT2D eigenvalue weighted by Gasteiger charge is -2.06. The maximum atomic E-state index is 5.14. The van der Waals surface area contributed by atoms with Crippen LogP contribution in [0.1, 0.15) is 36.7 Å². The zero-order valence-corrected chi connectivity index (χ0v) is 10.4. The summed E-state index contributed by atoms with van der Waals surface area (Å²) in [6, 6.07) is 10.4. The molecule has 0 radical (unpaired) electrons. The van der Waals surface area contributed by atoms with Gasteiger partial charge in [0.05, 0.1) is 0 Å². The Balaban J connectivity index is 2.31. The molecule has 0 saturated carbocycles. The molecule has 0 aliphatic heterocycles. The van der Waals surface area contributed by atoms with E-state index in [1.165, 1.54) is 17.0 Å². The van der Waals surface area contributed by atoms with Crippen molar-refractivity contribution < 1.29 is 0 Å². The minimum atomic E-state index is 0.465. The maximum Gasteiger partial charge on any atom is 0.174 e. The number of aromatic nitrogens is 2. The molecule has 2 N–H and O–H groups in total. The fraction of sp³-hybridized carbons (Fsp3) is 0.308. The molecule has 0 aliphatic rings. The Morgan fingerprint density at radius 3 is 2.44 bits per heavy atom. The first-order chi connectivity index (χ1) is 7.66. The first-order valence-electron chi connectivity index (χ1n) is 5.52. The summed E-state index contributed by atoms with van der Waals surface area (Å²) < 4.78 is 0.717. The van der Waals surface area contributed by atoms with Crippen molar-refractivity contribution in [1.29, 1.82) is 0 Å². The monoisotopic (exact) mass is 232 g/mol. The van der Waals surface area contributed by atoms with Crippen molar-refractivity contribution in [2.24, 2.45) is 0 Å². The van der Waals surface area contributed by atoms with Crippen molar-refractivity contribution in [3.05, 3.63) is 52.1 Å². The van der Waals surface area contributed by atoms with Gasteiger partial charge in [0.2, 0.25) is 0 Å². The predicted molar refractivity (Wildman–Crippen MR) is 69.3 cm³/mol. The van der Waals surface area contributed by atoms with Gasteiger partial charge in [0, 0.05) is 17.8 Å². The molecule has 0 spiro atoms. The number of aromatic amines is 2. The third kappa shape index (κ3) is 2.42. The molecule has 3 heteroatoms. The Bertz CT molecular complexity index is 508. The van der Waals surface area contributed by atoms with Crippen molar-refractivity contribution >= 4 is 12.2 Å². The summed E-state index contributed by atoms with van der Waals surface area (Å²) >= 11 is 5.14. The van der Waals surface area contributed by atoms with Crippen LogP contribution in [0.15, 0.2) is 30.3 Å². The molecule has 0 amide bonds. The molecule has 0 saturated heterocycles. The normalized spacial score (nSPS) is 10.9. The second-order valence-electron chi connectivity index (χ2n) is 4.29.